The average molecular weight is 321 g/mol. The molecular formula is C15H19N3OS2. The van der Waals surface area contributed by atoms with Gasteiger partial charge in [0.1, 0.15) is 5.01 Å². The van der Waals surface area contributed by atoms with Crippen molar-refractivity contribution in [3.8, 4) is 9.88 Å². The number of thiophene rings is 1. The SMILES string of the molecule is Cc1nc(-c2cccs2)sc1CNC(=O)NC1CCCC1. The van der Waals surface area contributed by atoms with E-state index in [0.717, 1.165) is 28.4 Å². The molecule has 0 unspecified atom stereocenters. The first-order valence-corrected chi connectivity index (χ1v) is 8.96. The summed E-state index contributed by atoms with van der Waals surface area (Å²) in [7, 11) is 0. The second-order valence-electron chi connectivity index (χ2n) is 5.31. The minimum absolute atomic E-state index is 0.0626. The minimum Gasteiger partial charge on any atom is -0.335 e. The van der Waals surface area contributed by atoms with E-state index >= 15 is 0 Å². The van der Waals surface area contributed by atoms with Gasteiger partial charge >= 0.3 is 6.03 Å². The molecule has 2 heterocycles. The van der Waals surface area contributed by atoms with E-state index in [0.29, 0.717) is 12.6 Å². The van der Waals surface area contributed by atoms with E-state index in [1.807, 2.05) is 13.0 Å². The fourth-order valence-corrected chi connectivity index (χ4v) is 4.36. The van der Waals surface area contributed by atoms with Gasteiger partial charge in [-0.3, -0.25) is 0 Å². The normalized spacial score (nSPS) is 15.3. The Morgan fingerprint density at radius 2 is 2.24 bits per heavy atom. The molecule has 0 spiro atoms. The van der Waals surface area contributed by atoms with Crippen molar-refractivity contribution in [2.45, 2.75) is 45.2 Å². The Morgan fingerprint density at radius 1 is 1.43 bits per heavy atom. The van der Waals surface area contributed by atoms with Crippen LogP contribution in [0.2, 0.25) is 0 Å². The Balaban J connectivity index is 1.56. The van der Waals surface area contributed by atoms with Crippen molar-refractivity contribution >= 4 is 28.7 Å². The third-order valence-electron chi connectivity index (χ3n) is 3.72. The van der Waals surface area contributed by atoms with Crippen LogP contribution in [0, 0.1) is 6.92 Å². The molecule has 0 radical (unpaired) electrons. The van der Waals surface area contributed by atoms with Crippen LogP contribution in [0.25, 0.3) is 9.88 Å². The smallest absolute Gasteiger partial charge is 0.315 e. The molecule has 2 aromatic rings. The molecule has 1 aliphatic carbocycles. The number of thiazole rings is 1. The lowest BCUT2D eigenvalue weighted by molar-refractivity contribution is 0.237. The highest BCUT2D eigenvalue weighted by atomic mass is 32.1. The van der Waals surface area contributed by atoms with Gasteiger partial charge in [0.05, 0.1) is 17.1 Å². The molecule has 0 atom stereocenters. The van der Waals surface area contributed by atoms with E-state index in [1.165, 1.54) is 17.7 Å². The van der Waals surface area contributed by atoms with Gasteiger partial charge in [-0.25, -0.2) is 9.78 Å². The largest absolute Gasteiger partial charge is 0.335 e. The van der Waals surface area contributed by atoms with Gasteiger partial charge in [-0.05, 0) is 31.2 Å². The number of rotatable bonds is 4. The van der Waals surface area contributed by atoms with Gasteiger partial charge in [-0.2, -0.15) is 0 Å². The molecule has 2 N–H and O–H groups in total. The lowest BCUT2D eigenvalue weighted by Crippen LogP contribution is -2.40. The number of carbonyl (C=O) groups is 1. The molecule has 4 nitrogen and oxygen atoms in total. The molecule has 1 fully saturated rings. The number of amides is 2. The zero-order valence-electron chi connectivity index (χ0n) is 12.0. The van der Waals surface area contributed by atoms with Gasteiger partial charge in [0.15, 0.2) is 0 Å². The number of hydrogen-bond donors (Lipinski definition) is 2. The average Bonchev–Trinajstić information content (AvgIpc) is 3.17. The Kier molecular flexibility index (Phi) is 4.55. The Labute approximate surface area is 132 Å². The lowest BCUT2D eigenvalue weighted by atomic mass is 10.2. The third-order valence-corrected chi connectivity index (χ3v) is 5.92. The van der Waals surface area contributed by atoms with Crippen molar-refractivity contribution in [3.63, 3.8) is 0 Å². The summed E-state index contributed by atoms with van der Waals surface area (Å²) >= 11 is 3.35. The summed E-state index contributed by atoms with van der Waals surface area (Å²) in [5.41, 5.74) is 1.00. The predicted molar refractivity (Wildman–Crippen MR) is 87.8 cm³/mol. The Hall–Kier alpha value is -1.40. The van der Waals surface area contributed by atoms with E-state index < -0.39 is 0 Å². The van der Waals surface area contributed by atoms with E-state index in [9.17, 15) is 4.79 Å². The number of carbonyl (C=O) groups excluding carboxylic acids is 1. The fraction of sp³-hybridized carbons (Fsp3) is 0.467. The van der Waals surface area contributed by atoms with Crippen molar-refractivity contribution in [3.05, 3.63) is 28.1 Å². The zero-order chi connectivity index (χ0) is 14.7. The number of nitrogens with one attached hydrogen (secondary N) is 2. The Bertz CT molecular complexity index is 600. The molecule has 2 aromatic heterocycles. The molecule has 0 bridgehead atoms. The van der Waals surface area contributed by atoms with E-state index in [-0.39, 0.29) is 6.03 Å². The van der Waals surface area contributed by atoms with Gasteiger partial charge < -0.3 is 10.6 Å². The molecule has 21 heavy (non-hydrogen) atoms. The van der Waals surface area contributed by atoms with Gasteiger partial charge in [0.2, 0.25) is 0 Å². The molecule has 1 aliphatic rings. The molecule has 6 heteroatoms. The van der Waals surface area contributed by atoms with Gasteiger partial charge in [0.25, 0.3) is 0 Å². The van der Waals surface area contributed by atoms with Crippen LogP contribution in [0.3, 0.4) is 0 Å². The van der Waals surface area contributed by atoms with Crippen LogP contribution in [0.5, 0.6) is 0 Å². The van der Waals surface area contributed by atoms with Gasteiger partial charge in [0, 0.05) is 10.9 Å². The molecule has 0 aromatic carbocycles. The number of nitrogens with zero attached hydrogens (tertiary/aromatic N) is 1. The lowest BCUT2D eigenvalue weighted by Gasteiger charge is -2.12. The zero-order valence-corrected chi connectivity index (χ0v) is 13.6. The quantitative estimate of drug-likeness (QED) is 0.896. The monoisotopic (exact) mass is 321 g/mol. The Morgan fingerprint density at radius 3 is 2.95 bits per heavy atom. The maximum absolute atomic E-state index is 11.9. The minimum atomic E-state index is -0.0626. The highest BCUT2D eigenvalue weighted by Gasteiger charge is 2.17. The first-order valence-electron chi connectivity index (χ1n) is 7.27. The first kappa shape index (κ1) is 14.5. The second kappa shape index (κ2) is 6.58. The van der Waals surface area contributed by atoms with Crippen molar-refractivity contribution in [2.75, 3.05) is 0 Å². The highest BCUT2D eigenvalue weighted by molar-refractivity contribution is 7.21. The topological polar surface area (TPSA) is 54.0 Å². The van der Waals surface area contributed by atoms with Crippen LogP contribution in [-0.4, -0.2) is 17.1 Å². The number of aromatic nitrogens is 1. The van der Waals surface area contributed by atoms with Crippen LogP contribution in [0.4, 0.5) is 4.79 Å². The van der Waals surface area contributed by atoms with Gasteiger partial charge in [-0.15, -0.1) is 22.7 Å². The summed E-state index contributed by atoms with van der Waals surface area (Å²) in [6.45, 7) is 2.55. The summed E-state index contributed by atoms with van der Waals surface area (Å²) in [6.07, 6.45) is 4.66. The van der Waals surface area contributed by atoms with E-state index in [1.54, 1.807) is 22.7 Å². The van der Waals surface area contributed by atoms with E-state index in [2.05, 4.69) is 27.1 Å². The van der Waals surface area contributed by atoms with Crippen molar-refractivity contribution in [1.82, 2.24) is 15.6 Å². The summed E-state index contributed by atoms with van der Waals surface area (Å²) in [5, 5.41) is 9.08. The molecular weight excluding hydrogens is 302 g/mol. The summed E-state index contributed by atoms with van der Waals surface area (Å²) in [6, 6.07) is 4.40. The van der Waals surface area contributed by atoms with Crippen LogP contribution < -0.4 is 10.6 Å². The molecule has 112 valence electrons. The maximum Gasteiger partial charge on any atom is 0.315 e. The predicted octanol–water partition coefficient (Wildman–Crippen LogP) is 3.92. The van der Waals surface area contributed by atoms with Crippen LogP contribution >= 0.6 is 22.7 Å². The summed E-state index contributed by atoms with van der Waals surface area (Å²) in [4.78, 5) is 18.8. The molecule has 2 amide bonds. The van der Waals surface area contributed by atoms with Crippen LogP contribution in [0.15, 0.2) is 17.5 Å². The van der Waals surface area contributed by atoms with Gasteiger partial charge in [-0.1, -0.05) is 18.9 Å². The van der Waals surface area contributed by atoms with Crippen molar-refractivity contribution < 1.29 is 4.79 Å². The van der Waals surface area contributed by atoms with E-state index in [4.69, 9.17) is 0 Å². The standard InChI is InChI=1S/C15H19N3OS2/c1-10-13(21-14(17-10)12-7-4-8-20-12)9-16-15(19)18-11-5-2-3-6-11/h4,7-8,11H,2-3,5-6,9H2,1H3,(H2,16,18,19). The maximum atomic E-state index is 11.9. The first-order chi connectivity index (χ1) is 10.2. The fourth-order valence-electron chi connectivity index (χ4n) is 2.56. The highest BCUT2D eigenvalue weighted by Crippen LogP contribution is 2.30. The summed E-state index contributed by atoms with van der Waals surface area (Å²) in [5.74, 6) is 0. The number of aryl methyl sites for hydroxylation is 1. The molecule has 0 saturated heterocycles. The third kappa shape index (κ3) is 3.63. The summed E-state index contributed by atoms with van der Waals surface area (Å²) < 4.78 is 0. The number of hydrogen-bond acceptors (Lipinski definition) is 4. The number of urea groups is 1. The molecule has 3 rings (SSSR count). The van der Waals surface area contributed by atoms with Crippen LogP contribution in [-0.2, 0) is 6.54 Å². The van der Waals surface area contributed by atoms with Crippen molar-refractivity contribution in [1.29, 1.82) is 0 Å². The van der Waals surface area contributed by atoms with Crippen molar-refractivity contribution in [2.24, 2.45) is 0 Å². The second-order valence-corrected chi connectivity index (χ2v) is 7.34. The molecule has 1 saturated carbocycles. The molecule has 0 aliphatic heterocycles. The van der Waals surface area contributed by atoms with Crippen LogP contribution in [0.1, 0.15) is 36.3 Å².